The number of aromatic nitrogens is 1. The number of carbonyl (C=O) groups is 1. The monoisotopic (exact) mass is 330 g/mol. The molecule has 0 radical (unpaired) electrons. The molecule has 0 aliphatic heterocycles. The van der Waals surface area contributed by atoms with E-state index in [0.717, 1.165) is 5.56 Å². The fraction of sp³-hybridized carbons (Fsp3) is 0.176. The first-order chi connectivity index (χ1) is 11.0. The number of oxazole rings is 1. The first-order valence-corrected chi connectivity index (χ1v) is 7.57. The van der Waals surface area contributed by atoms with Gasteiger partial charge in [0.15, 0.2) is 5.58 Å². The minimum atomic E-state index is -0.465. The van der Waals surface area contributed by atoms with Crippen LogP contribution in [0.5, 0.6) is 0 Å². The third-order valence-corrected chi connectivity index (χ3v) is 3.85. The molecular weight excluding hydrogens is 316 g/mol. The number of fused-ring (bicyclic) bond motifs is 1. The van der Waals surface area contributed by atoms with E-state index in [2.05, 4.69) is 5.32 Å². The second-order valence-corrected chi connectivity index (χ2v) is 5.68. The van der Waals surface area contributed by atoms with Crippen LogP contribution in [-0.4, -0.2) is 10.5 Å². The van der Waals surface area contributed by atoms with Gasteiger partial charge in [-0.2, -0.15) is 0 Å². The Hall–Kier alpha value is -2.53. The number of hydrogen-bond acceptors (Lipinski definition) is 3. The molecule has 1 heterocycles. The van der Waals surface area contributed by atoms with Crippen molar-refractivity contribution in [3.8, 4) is 0 Å². The molecule has 118 valence electrons. The average Bonchev–Trinajstić information content (AvgIpc) is 2.83. The van der Waals surface area contributed by atoms with E-state index in [1.807, 2.05) is 19.1 Å². The van der Waals surface area contributed by atoms with Gasteiger partial charge in [0.1, 0.15) is 0 Å². The number of nitrogens with zero attached hydrogens (tertiary/aromatic N) is 1. The Morgan fingerprint density at radius 3 is 2.83 bits per heavy atom. The van der Waals surface area contributed by atoms with Crippen molar-refractivity contribution in [2.24, 2.45) is 0 Å². The highest BCUT2D eigenvalue weighted by molar-refractivity contribution is 6.33. The first-order valence-electron chi connectivity index (χ1n) is 7.19. The van der Waals surface area contributed by atoms with Crippen LogP contribution in [0, 0.1) is 6.92 Å². The van der Waals surface area contributed by atoms with Crippen LogP contribution in [0.15, 0.2) is 51.7 Å². The van der Waals surface area contributed by atoms with Gasteiger partial charge in [-0.1, -0.05) is 29.8 Å². The summed E-state index contributed by atoms with van der Waals surface area (Å²) >= 11 is 6.09. The number of para-hydroxylation sites is 2. The van der Waals surface area contributed by atoms with Crippen LogP contribution in [0.2, 0.25) is 5.02 Å². The summed E-state index contributed by atoms with van der Waals surface area (Å²) in [5.41, 5.74) is 2.77. The first kappa shape index (κ1) is 15.4. The SMILES string of the molecule is Cc1ccc(NC(=O)CCn2c(=O)oc3ccccc32)c(Cl)c1. The number of halogens is 1. The number of benzene rings is 2. The predicted molar refractivity (Wildman–Crippen MR) is 89.9 cm³/mol. The Morgan fingerprint density at radius 2 is 2.04 bits per heavy atom. The second kappa shape index (κ2) is 6.30. The molecular formula is C17H15ClN2O3. The quantitative estimate of drug-likeness (QED) is 0.795. The van der Waals surface area contributed by atoms with Crippen molar-refractivity contribution in [2.45, 2.75) is 19.9 Å². The molecule has 0 saturated carbocycles. The van der Waals surface area contributed by atoms with Crippen LogP contribution in [0.25, 0.3) is 11.1 Å². The topological polar surface area (TPSA) is 64.2 Å². The normalized spacial score (nSPS) is 10.9. The molecule has 0 saturated heterocycles. The van der Waals surface area contributed by atoms with Crippen molar-refractivity contribution in [3.63, 3.8) is 0 Å². The van der Waals surface area contributed by atoms with Crippen LogP contribution in [0.3, 0.4) is 0 Å². The molecule has 0 aliphatic carbocycles. The van der Waals surface area contributed by atoms with E-state index >= 15 is 0 Å². The third-order valence-electron chi connectivity index (χ3n) is 3.53. The molecule has 5 nitrogen and oxygen atoms in total. The van der Waals surface area contributed by atoms with Gasteiger partial charge in [0.2, 0.25) is 5.91 Å². The molecule has 0 bridgehead atoms. The number of amides is 1. The maximum atomic E-state index is 12.1. The highest BCUT2D eigenvalue weighted by atomic mass is 35.5. The van der Waals surface area contributed by atoms with E-state index in [1.54, 1.807) is 30.3 Å². The van der Waals surface area contributed by atoms with Crippen molar-refractivity contribution < 1.29 is 9.21 Å². The van der Waals surface area contributed by atoms with Gasteiger partial charge < -0.3 is 9.73 Å². The summed E-state index contributed by atoms with van der Waals surface area (Å²) in [4.78, 5) is 23.9. The zero-order chi connectivity index (χ0) is 16.4. The van der Waals surface area contributed by atoms with E-state index in [4.69, 9.17) is 16.0 Å². The van der Waals surface area contributed by atoms with Gasteiger partial charge in [0.05, 0.1) is 16.2 Å². The lowest BCUT2D eigenvalue weighted by molar-refractivity contribution is -0.116. The maximum absolute atomic E-state index is 12.1. The summed E-state index contributed by atoms with van der Waals surface area (Å²) in [7, 11) is 0. The predicted octanol–water partition coefficient (Wildman–Crippen LogP) is 3.59. The summed E-state index contributed by atoms with van der Waals surface area (Å²) in [5, 5.41) is 3.24. The van der Waals surface area contributed by atoms with Crippen LogP contribution in [0.1, 0.15) is 12.0 Å². The van der Waals surface area contributed by atoms with Crippen LogP contribution in [-0.2, 0) is 11.3 Å². The molecule has 0 atom stereocenters. The smallest absolute Gasteiger partial charge is 0.408 e. The number of hydrogen-bond donors (Lipinski definition) is 1. The third kappa shape index (κ3) is 3.29. The number of carbonyl (C=O) groups excluding carboxylic acids is 1. The van der Waals surface area contributed by atoms with Crippen LogP contribution < -0.4 is 11.1 Å². The summed E-state index contributed by atoms with van der Waals surface area (Å²) in [6, 6.07) is 12.5. The Kier molecular flexibility index (Phi) is 4.21. The molecule has 0 unspecified atom stereocenters. The largest absolute Gasteiger partial charge is 0.419 e. The average molecular weight is 331 g/mol. The lowest BCUT2D eigenvalue weighted by atomic mass is 10.2. The molecule has 3 aromatic rings. The van der Waals surface area contributed by atoms with Crippen molar-refractivity contribution in [1.82, 2.24) is 4.57 Å². The maximum Gasteiger partial charge on any atom is 0.419 e. The van der Waals surface area contributed by atoms with Crippen LogP contribution >= 0.6 is 11.6 Å². The highest BCUT2D eigenvalue weighted by Crippen LogP contribution is 2.22. The summed E-state index contributed by atoms with van der Waals surface area (Å²) in [6.45, 7) is 2.17. The fourth-order valence-corrected chi connectivity index (χ4v) is 2.66. The Bertz CT molecular complexity index is 927. The van der Waals surface area contributed by atoms with E-state index < -0.39 is 5.76 Å². The minimum Gasteiger partial charge on any atom is -0.408 e. The van der Waals surface area contributed by atoms with E-state index in [0.29, 0.717) is 21.8 Å². The van der Waals surface area contributed by atoms with Crippen molar-refractivity contribution in [2.75, 3.05) is 5.32 Å². The lowest BCUT2D eigenvalue weighted by Gasteiger charge is -2.08. The minimum absolute atomic E-state index is 0.146. The Labute approximate surface area is 137 Å². The van der Waals surface area contributed by atoms with Gasteiger partial charge in [-0.3, -0.25) is 9.36 Å². The molecule has 0 aliphatic rings. The molecule has 3 rings (SSSR count). The zero-order valence-electron chi connectivity index (χ0n) is 12.5. The fourth-order valence-electron chi connectivity index (χ4n) is 2.37. The number of aryl methyl sites for hydroxylation is 2. The molecule has 23 heavy (non-hydrogen) atoms. The van der Waals surface area contributed by atoms with Gasteiger partial charge >= 0.3 is 5.76 Å². The van der Waals surface area contributed by atoms with Gasteiger partial charge in [0.25, 0.3) is 0 Å². The number of nitrogens with one attached hydrogen (secondary N) is 1. The summed E-state index contributed by atoms with van der Waals surface area (Å²) in [6.07, 6.45) is 0.146. The van der Waals surface area contributed by atoms with Gasteiger partial charge in [-0.25, -0.2) is 4.79 Å². The lowest BCUT2D eigenvalue weighted by Crippen LogP contribution is -2.19. The van der Waals surface area contributed by atoms with E-state index in [1.165, 1.54) is 4.57 Å². The zero-order valence-corrected chi connectivity index (χ0v) is 13.3. The summed E-state index contributed by atoms with van der Waals surface area (Å²) in [5.74, 6) is -0.680. The molecule has 6 heteroatoms. The highest BCUT2D eigenvalue weighted by Gasteiger charge is 2.11. The Balaban J connectivity index is 1.71. The molecule has 1 N–H and O–H groups in total. The van der Waals surface area contributed by atoms with E-state index in [-0.39, 0.29) is 18.9 Å². The molecule has 2 aromatic carbocycles. The van der Waals surface area contributed by atoms with Crippen LogP contribution in [0.4, 0.5) is 5.69 Å². The molecule has 0 spiro atoms. The molecule has 1 amide bonds. The standard InChI is InChI=1S/C17H15ClN2O3/c1-11-6-7-13(12(18)10-11)19-16(21)8-9-20-14-4-2-3-5-15(14)23-17(20)22/h2-7,10H,8-9H2,1H3,(H,19,21). The van der Waals surface area contributed by atoms with Crippen molar-refractivity contribution in [3.05, 3.63) is 63.6 Å². The van der Waals surface area contributed by atoms with Crippen molar-refractivity contribution in [1.29, 1.82) is 0 Å². The molecule has 0 fully saturated rings. The Morgan fingerprint density at radius 1 is 1.26 bits per heavy atom. The second-order valence-electron chi connectivity index (χ2n) is 5.27. The van der Waals surface area contributed by atoms with Gasteiger partial charge in [0, 0.05) is 13.0 Å². The van der Waals surface area contributed by atoms with Crippen molar-refractivity contribution >= 4 is 34.3 Å². The van der Waals surface area contributed by atoms with E-state index in [9.17, 15) is 9.59 Å². The number of rotatable bonds is 4. The van der Waals surface area contributed by atoms with Gasteiger partial charge in [-0.15, -0.1) is 0 Å². The summed E-state index contributed by atoms with van der Waals surface area (Å²) < 4.78 is 6.59. The number of anilines is 1. The molecule has 1 aromatic heterocycles. The van der Waals surface area contributed by atoms with Gasteiger partial charge in [-0.05, 0) is 36.8 Å².